The lowest BCUT2D eigenvalue weighted by Crippen LogP contribution is -2.40. The molecule has 114 valence electrons. The second-order valence-electron chi connectivity index (χ2n) is 5.12. The van der Waals surface area contributed by atoms with E-state index < -0.39 is 13.0 Å². The van der Waals surface area contributed by atoms with Crippen LogP contribution in [0.4, 0.5) is 5.82 Å². The molecule has 0 aromatic carbocycles. The number of hydroxylamine groups is 1. The molecule has 0 aliphatic heterocycles. The van der Waals surface area contributed by atoms with Crippen molar-refractivity contribution >= 4 is 18.9 Å². The Bertz CT molecular complexity index is 457. The molecule has 20 heavy (non-hydrogen) atoms. The van der Waals surface area contributed by atoms with E-state index in [1.807, 2.05) is 0 Å². The van der Waals surface area contributed by atoms with Crippen LogP contribution in [-0.4, -0.2) is 46.7 Å². The van der Waals surface area contributed by atoms with E-state index >= 15 is 0 Å². The number of aromatic nitrogens is 2. The van der Waals surface area contributed by atoms with E-state index in [2.05, 4.69) is 22.2 Å². The molecular weight excluding hydrogens is 279 g/mol. The maximum Gasteiger partial charge on any atom is 0.266 e. The van der Waals surface area contributed by atoms with Crippen molar-refractivity contribution in [2.45, 2.75) is 32.0 Å². The predicted molar refractivity (Wildman–Crippen MR) is 78.6 cm³/mol. The third-order valence-corrected chi connectivity index (χ3v) is 4.96. The van der Waals surface area contributed by atoms with Crippen LogP contribution in [0.15, 0.2) is 12.5 Å². The summed E-state index contributed by atoms with van der Waals surface area (Å²) in [7, 11) is -2.34. The van der Waals surface area contributed by atoms with Gasteiger partial charge in [0, 0.05) is 0 Å². The minimum absolute atomic E-state index is 0.0738. The van der Waals surface area contributed by atoms with Crippen LogP contribution >= 0.6 is 7.14 Å². The molecule has 0 aliphatic rings. The minimum Gasteiger partial charge on any atom is -0.329 e. The molecule has 1 aromatic heterocycles. The van der Waals surface area contributed by atoms with Gasteiger partial charge < -0.3 is 9.55 Å². The highest BCUT2D eigenvalue weighted by atomic mass is 31.2. The van der Waals surface area contributed by atoms with Crippen LogP contribution in [-0.2, 0) is 9.36 Å². The second kappa shape index (κ2) is 7.57. The Morgan fingerprint density at radius 3 is 2.80 bits per heavy atom. The van der Waals surface area contributed by atoms with Crippen LogP contribution < -0.4 is 10.4 Å². The zero-order valence-corrected chi connectivity index (χ0v) is 13.1. The number of carbonyl (C=O) groups excluding carboxylic acids is 1. The van der Waals surface area contributed by atoms with Gasteiger partial charge >= 0.3 is 0 Å². The number of anilines is 1. The first-order valence-corrected chi connectivity index (χ1v) is 9.31. The highest BCUT2D eigenvalue weighted by Gasteiger charge is 2.24. The van der Waals surface area contributed by atoms with E-state index in [-0.39, 0.29) is 18.1 Å². The molecule has 0 bridgehead atoms. The highest BCUT2D eigenvalue weighted by molar-refractivity contribution is 7.63. The molecule has 0 radical (unpaired) electrons. The van der Waals surface area contributed by atoms with E-state index in [4.69, 9.17) is 0 Å². The summed E-state index contributed by atoms with van der Waals surface area (Å²) >= 11 is 0. The summed E-state index contributed by atoms with van der Waals surface area (Å²) in [6.45, 7) is 5.40. The lowest BCUT2D eigenvalue weighted by molar-refractivity contribution is -0.122. The fourth-order valence-corrected chi connectivity index (χ4v) is 3.14. The molecule has 8 heteroatoms. The Morgan fingerprint density at radius 1 is 1.60 bits per heavy atom. The van der Waals surface area contributed by atoms with Gasteiger partial charge in [-0.1, -0.05) is 19.8 Å². The molecule has 0 fully saturated rings. The molecule has 7 nitrogen and oxygen atoms in total. The standard InChI is InChI=1S/C12H23N4O3P/c1-4-5-6-11(20(2,3)19)14-8-12(17)16(18)10-7-13-9-15-10/h7,9,11,14,18H,4-6,8H2,1-3H3,(H,13,15). The third-order valence-electron chi connectivity index (χ3n) is 3.02. The average Bonchev–Trinajstić information content (AvgIpc) is 2.89. The SMILES string of the molecule is CCCCC(NCC(=O)N(O)c1cnc[nH]1)P(C)(C)=O. The summed E-state index contributed by atoms with van der Waals surface area (Å²) in [5.74, 6) is -0.524. The number of rotatable bonds is 8. The van der Waals surface area contributed by atoms with Gasteiger partial charge in [-0.2, -0.15) is 5.06 Å². The van der Waals surface area contributed by atoms with Crippen LogP contribution in [0.2, 0.25) is 0 Å². The number of nitrogens with one attached hydrogen (secondary N) is 2. The predicted octanol–water partition coefficient (Wildman–Crippen LogP) is 1.86. The summed E-state index contributed by atoms with van der Waals surface area (Å²) in [5, 5.41) is 13.2. The Balaban J connectivity index is 2.54. The van der Waals surface area contributed by atoms with Crippen molar-refractivity contribution in [3.63, 3.8) is 0 Å². The first-order valence-electron chi connectivity index (χ1n) is 6.64. The molecule has 1 atom stereocenters. The molecule has 1 aromatic rings. The quantitative estimate of drug-likeness (QED) is 0.387. The fourth-order valence-electron chi connectivity index (χ4n) is 1.81. The van der Waals surface area contributed by atoms with Crippen molar-refractivity contribution in [1.82, 2.24) is 15.3 Å². The minimum atomic E-state index is -2.34. The summed E-state index contributed by atoms with van der Waals surface area (Å²) in [4.78, 5) is 18.2. The number of amides is 1. The maximum atomic E-state index is 12.2. The molecule has 0 spiro atoms. The zero-order valence-electron chi connectivity index (χ0n) is 12.2. The van der Waals surface area contributed by atoms with Gasteiger partial charge in [0.15, 0.2) is 5.82 Å². The molecule has 1 amide bonds. The Labute approximate surface area is 119 Å². The number of nitrogens with zero attached hydrogens (tertiary/aromatic N) is 2. The van der Waals surface area contributed by atoms with Crippen LogP contribution in [0.1, 0.15) is 26.2 Å². The topological polar surface area (TPSA) is 98.3 Å². The molecule has 1 rings (SSSR count). The van der Waals surface area contributed by atoms with Gasteiger partial charge in [0.2, 0.25) is 0 Å². The normalized spacial score (nSPS) is 13.2. The maximum absolute atomic E-state index is 12.2. The van der Waals surface area contributed by atoms with Crippen LogP contribution in [0.3, 0.4) is 0 Å². The lowest BCUT2D eigenvalue weighted by Gasteiger charge is -2.23. The third kappa shape index (κ3) is 5.07. The van der Waals surface area contributed by atoms with E-state index in [0.29, 0.717) is 5.06 Å². The van der Waals surface area contributed by atoms with E-state index in [0.717, 1.165) is 19.3 Å². The molecule has 1 heterocycles. The monoisotopic (exact) mass is 302 g/mol. The summed E-state index contributed by atoms with van der Waals surface area (Å²) in [6, 6.07) is 0. The zero-order chi connectivity index (χ0) is 15.2. The number of unbranched alkanes of at least 4 members (excludes halogenated alkanes) is 1. The number of H-pyrrole nitrogens is 1. The largest absolute Gasteiger partial charge is 0.329 e. The van der Waals surface area contributed by atoms with Crippen molar-refractivity contribution in [2.75, 3.05) is 24.9 Å². The van der Waals surface area contributed by atoms with E-state index in [1.165, 1.54) is 12.5 Å². The van der Waals surface area contributed by atoms with Gasteiger partial charge in [-0.15, -0.1) is 0 Å². The van der Waals surface area contributed by atoms with E-state index in [1.54, 1.807) is 13.3 Å². The first kappa shape index (κ1) is 16.9. The second-order valence-corrected chi connectivity index (χ2v) is 8.61. The average molecular weight is 302 g/mol. The van der Waals surface area contributed by atoms with Crippen molar-refractivity contribution in [2.24, 2.45) is 0 Å². The molecule has 3 N–H and O–H groups in total. The molecular formula is C12H23N4O3P. The summed E-state index contributed by atoms with van der Waals surface area (Å²) < 4.78 is 12.2. The summed E-state index contributed by atoms with van der Waals surface area (Å²) in [5.41, 5.74) is 0. The van der Waals surface area contributed by atoms with Gasteiger partial charge in [0.1, 0.15) is 0 Å². The highest BCUT2D eigenvalue weighted by Crippen LogP contribution is 2.43. The fraction of sp³-hybridized carbons (Fsp3) is 0.667. The van der Waals surface area contributed by atoms with Crippen LogP contribution in [0, 0.1) is 0 Å². The number of imidazole rings is 1. The van der Waals surface area contributed by atoms with Crippen LogP contribution in [0.25, 0.3) is 0 Å². The Morgan fingerprint density at radius 2 is 2.30 bits per heavy atom. The van der Waals surface area contributed by atoms with E-state index in [9.17, 15) is 14.6 Å². The number of hydrogen-bond donors (Lipinski definition) is 3. The van der Waals surface area contributed by atoms with Crippen molar-refractivity contribution in [3.05, 3.63) is 12.5 Å². The van der Waals surface area contributed by atoms with Crippen molar-refractivity contribution in [1.29, 1.82) is 0 Å². The van der Waals surface area contributed by atoms with Gasteiger partial charge in [0.05, 0.1) is 32.0 Å². The molecule has 0 saturated carbocycles. The summed E-state index contributed by atoms with van der Waals surface area (Å²) in [6.07, 6.45) is 5.42. The Kier molecular flexibility index (Phi) is 6.39. The van der Waals surface area contributed by atoms with Gasteiger partial charge in [-0.25, -0.2) is 4.98 Å². The van der Waals surface area contributed by atoms with Crippen LogP contribution in [0.5, 0.6) is 0 Å². The number of carbonyl (C=O) groups is 1. The van der Waals surface area contributed by atoms with Gasteiger partial charge in [0.25, 0.3) is 5.91 Å². The number of hydrogen-bond acceptors (Lipinski definition) is 5. The lowest BCUT2D eigenvalue weighted by atomic mass is 10.2. The van der Waals surface area contributed by atoms with Gasteiger partial charge in [-0.05, 0) is 19.8 Å². The number of aromatic amines is 1. The molecule has 0 aliphatic carbocycles. The van der Waals surface area contributed by atoms with Crippen molar-refractivity contribution < 1.29 is 14.6 Å². The Hall–Kier alpha value is -1.17. The first-order chi connectivity index (χ1) is 9.36. The molecule has 0 saturated heterocycles. The molecule has 1 unspecified atom stereocenters. The van der Waals surface area contributed by atoms with Gasteiger partial charge in [-0.3, -0.25) is 15.3 Å². The van der Waals surface area contributed by atoms with Crippen molar-refractivity contribution in [3.8, 4) is 0 Å². The smallest absolute Gasteiger partial charge is 0.266 e.